The normalized spacial score (nSPS) is 10.7. The van der Waals surface area contributed by atoms with Crippen LogP contribution in [-0.4, -0.2) is 25.3 Å². The Balaban J connectivity index is 1.85. The summed E-state index contributed by atoms with van der Waals surface area (Å²) in [6, 6.07) is 15.6. The second-order valence-corrected chi connectivity index (χ2v) is 5.22. The van der Waals surface area contributed by atoms with E-state index in [1.165, 1.54) is 0 Å². The van der Waals surface area contributed by atoms with Crippen LogP contribution >= 0.6 is 0 Å². The van der Waals surface area contributed by atoms with Crippen LogP contribution < -0.4 is 0 Å². The lowest BCUT2D eigenvalue weighted by atomic mass is 9.99. The highest BCUT2D eigenvalue weighted by Gasteiger charge is 2.18. The van der Waals surface area contributed by atoms with Crippen LogP contribution in [0.4, 0.5) is 0 Å². The molecule has 0 saturated heterocycles. The number of benzene rings is 1. The Morgan fingerprint density at radius 3 is 2.58 bits per heavy atom. The SMILES string of the molecule is Cc1nccc(-c2ccccc2)c1-c1nc(-c2cccnn2)no1. The van der Waals surface area contributed by atoms with Gasteiger partial charge in [-0.15, -0.1) is 5.10 Å². The standard InChI is InChI=1S/C18H13N5O/c1-12-16(14(9-11-19-12)13-6-3-2-4-7-13)18-21-17(23-24-18)15-8-5-10-20-22-15/h2-11H,1H3. The van der Waals surface area contributed by atoms with Crippen molar-refractivity contribution in [2.24, 2.45) is 0 Å². The van der Waals surface area contributed by atoms with Gasteiger partial charge in [0.15, 0.2) is 0 Å². The summed E-state index contributed by atoms with van der Waals surface area (Å²) in [5.74, 6) is 0.820. The second-order valence-electron chi connectivity index (χ2n) is 5.22. The fraction of sp³-hybridized carbons (Fsp3) is 0.0556. The van der Waals surface area contributed by atoms with Crippen LogP contribution in [0.15, 0.2) is 65.4 Å². The van der Waals surface area contributed by atoms with Gasteiger partial charge in [0, 0.05) is 12.4 Å². The number of rotatable bonds is 3. The number of pyridine rings is 1. The Labute approximate surface area is 138 Å². The molecule has 0 atom stereocenters. The summed E-state index contributed by atoms with van der Waals surface area (Å²) in [6.45, 7) is 1.92. The fourth-order valence-corrected chi connectivity index (χ4v) is 2.54. The maximum Gasteiger partial charge on any atom is 0.260 e. The molecule has 24 heavy (non-hydrogen) atoms. The van der Waals surface area contributed by atoms with Gasteiger partial charge in [-0.05, 0) is 36.2 Å². The maximum absolute atomic E-state index is 5.48. The van der Waals surface area contributed by atoms with Gasteiger partial charge >= 0.3 is 0 Å². The van der Waals surface area contributed by atoms with Crippen LogP contribution in [0.5, 0.6) is 0 Å². The highest BCUT2D eigenvalue weighted by molar-refractivity contribution is 5.81. The zero-order valence-electron chi connectivity index (χ0n) is 12.9. The molecule has 0 bridgehead atoms. The monoisotopic (exact) mass is 315 g/mol. The Bertz CT molecular complexity index is 967. The molecule has 4 aromatic rings. The molecule has 0 N–H and O–H groups in total. The zero-order chi connectivity index (χ0) is 16.4. The van der Waals surface area contributed by atoms with E-state index in [9.17, 15) is 0 Å². The van der Waals surface area contributed by atoms with E-state index >= 15 is 0 Å². The van der Waals surface area contributed by atoms with Gasteiger partial charge < -0.3 is 4.52 Å². The smallest absolute Gasteiger partial charge is 0.260 e. The number of hydrogen-bond donors (Lipinski definition) is 0. The number of aryl methyl sites for hydroxylation is 1. The minimum absolute atomic E-state index is 0.403. The Morgan fingerprint density at radius 2 is 1.79 bits per heavy atom. The molecule has 0 amide bonds. The molecule has 0 fully saturated rings. The highest BCUT2D eigenvalue weighted by atomic mass is 16.5. The maximum atomic E-state index is 5.48. The van der Waals surface area contributed by atoms with Gasteiger partial charge in [0.1, 0.15) is 5.69 Å². The molecule has 0 spiro atoms. The lowest BCUT2D eigenvalue weighted by Crippen LogP contribution is -1.93. The van der Waals surface area contributed by atoms with Crippen molar-refractivity contribution in [3.8, 4) is 34.1 Å². The molecule has 0 aliphatic carbocycles. The molecule has 1 aromatic carbocycles. The summed E-state index contributed by atoms with van der Waals surface area (Å²) in [6.07, 6.45) is 3.38. The topological polar surface area (TPSA) is 77.6 Å². The van der Waals surface area contributed by atoms with Gasteiger partial charge in [-0.2, -0.15) is 10.1 Å². The minimum atomic E-state index is 0.403. The Morgan fingerprint density at radius 1 is 0.917 bits per heavy atom. The van der Waals surface area contributed by atoms with E-state index in [4.69, 9.17) is 4.52 Å². The van der Waals surface area contributed by atoms with Gasteiger partial charge in [0.2, 0.25) is 5.82 Å². The zero-order valence-corrected chi connectivity index (χ0v) is 12.9. The molecular formula is C18H13N5O. The van der Waals surface area contributed by atoms with E-state index < -0.39 is 0 Å². The molecule has 4 rings (SSSR count). The van der Waals surface area contributed by atoms with Crippen LogP contribution in [-0.2, 0) is 0 Å². The molecule has 0 aliphatic heterocycles. The molecule has 6 heteroatoms. The molecule has 0 unspecified atom stereocenters. The lowest BCUT2D eigenvalue weighted by Gasteiger charge is -2.08. The number of hydrogen-bond acceptors (Lipinski definition) is 6. The third-order valence-corrected chi connectivity index (χ3v) is 3.67. The average molecular weight is 315 g/mol. The quantitative estimate of drug-likeness (QED) is 0.575. The van der Waals surface area contributed by atoms with Crippen LogP contribution in [0.25, 0.3) is 34.1 Å². The highest BCUT2D eigenvalue weighted by Crippen LogP contribution is 2.33. The summed E-state index contributed by atoms with van der Waals surface area (Å²) >= 11 is 0. The van der Waals surface area contributed by atoms with E-state index in [0.29, 0.717) is 17.4 Å². The molecule has 0 aliphatic rings. The van der Waals surface area contributed by atoms with Crippen LogP contribution in [0.1, 0.15) is 5.69 Å². The molecular weight excluding hydrogens is 302 g/mol. The van der Waals surface area contributed by atoms with E-state index in [1.54, 1.807) is 24.5 Å². The third-order valence-electron chi connectivity index (χ3n) is 3.67. The summed E-state index contributed by atoms with van der Waals surface area (Å²) in [4.78, 5) is 8.85. The van der Waals surface area contributed by atoms with Crippen molar-refractivity contribution in [3.05, 3.63) is 66.6 Å². The molecule has 0 saturated carbocycles. The van der Waals surface area contributed by atoms with Crippen molar-refractivity contribution in [2.45, 2.75) is 6.92 Å². The average Bonchev–Trinajstić information content (AvgIpc) is 3.13. The van der Waals surface area contributed by atoms with Crippen LogP contribution in [0, 0.1) is 6.92 Å². The number of aromatic nitrogens is 5. The van der Waals surface area contributed by atoms with Crippen molar-refractivity contribution >= 4 is 0 Å². The van der Waals surface area contributed by atoms with E-state index in [1.807, 2.05) is 43.3 Å². The third kappa shape index (κ3) is 2.54. The van der Waals surface area contributed by atoms with Gasteiger partial charge in [0.25, 0.3) is 5.89 Å². The Hall–Kier alpha value is -3.41. The van der Waals surface area contributed by atoms with E-state index in [2.05, 4.69) is 25.3 Å². The van der Waals surface area contributed by atoms with Gasteiger partial charge in [-0.3, -0.25) is 4.98 Å². The van der Waals surface area contributed by atoms with Crippen LogP contribution in [0.2, 0.25) is 0 Å². The first-order valence-electron chi connectivity index (χ1n) is 7.46. The van der Waals surface area contributed by atoms with E-state index in [0.717, 1.165) is 22.4 Å². The Kier molecular flexibility index (Phi) is 3.55. The summed E-state index contributed by atoms with van der Waals surface area (Å²) in [5, 5.41) is 11.9. The molecule has 3 aromatic heterocycles. The van der Waals surface area contributed by atoms with Crippen molar-refractivity contribution in [2.75, 3.05) is 0 Å². The second kappa shape index (κ2) is 6.00. The van der Waals surface area contributed by atoms with Crippen molar-refractivity contribution in [1.82, 2.24) is 25.3 Å². The molecule has 6 nitrogen and oxygen atoms in total. The van der Waals surface area contributed by atoms with Crippen molar-refractivity contribution in [3.63, 3.8) is 0 Å². The first-order valence-corrected chi connectivity index (χ1v) is 7.46. The van der Waals surface area contributed by atoms with Crippen molar-refractivity contribution < 1.29 is 4.52 Å². The summed E-state index contributed by atoms with van der Waals surface area (Å²) < 4.78 is 5.48. The van der Waals surface area contributed by atoms with Gasteiger partial charge in [-0.1, -0.05) is 35.5 Å². The van der Waals surface area contributed by atoms with Gasteiger partial charge in [-0.25, -0.2) is 0 Å². The predicted molar refractivity (Wildman–Crippen MR) is 88.7 cm³/mol. The van der Waals surface area contributed by atoms with Crippen molar-refractivity contribution in [1.29, 1.82) is 0 Å². The fourth-order valence-electron chi connectivity index (χ4n) is 2.54. The molecule has 3 heterocycles. The first-order chi connectivity index (χ1) is 11.8. The largest absolute Gasteiger partial charge is 0.333 e. The summed E-state index contributed by atoms with van der Waals surface area (Å²) in [5.41, 5.74) is 4.28. The number of nitrogens with zero attached hydrogens (tertiary/aromatic N) is 5. The summed E-state index contributed by atoms with van der Waals surface area (Å²) in [7, 11) is 0. The minimum Gasteiger partial charge on any atom is -0.333 e. The lowest BCUT2D eigenvalue weighted by molar-refractivity contribution is 0.431. The van der Waals surface area contributed by atoms with E-state index in [-0.39, 0.29) is 0 Å². The van der Waals surface area contributed by atoms with Gasteiger partial charge in [0.05, 0.1) is 11.3 Å². The molecule has 116 valence electrons. The predicted octanol–water partition coefficient (Wildman–Crippen LogP) is 3.56. The molecule has 0 radical (unpaired) electrons. The first kappa shape index (κ1) is 14.2. The van der Waals surface area contributed by atoms with Crippen LogP contribution in [0.3, 0.4) is 0 Å².